The molecule has 6 nitrogen and oxygen atoms in total. The van der Waals surface area contributed by atoms with E-state index in [0.717, 1.165) is 17.7 Å². The molecule has 1 fully saturated rings. The van der Waals surface area contributed by atoms with E-state index >= 15 is 0 Å². The number of hydrogen-bond donors (Lipinski definition) is 1. The summed E-state index contributed by atoms with van der Waals surface area (Å²) in [5.74, 6) is 1.10. The first-order chi connectivity index (χ1) is 12.0. The Morgan fingerprint density at radius 2 is 1.80 bits per heavy atom. The summed E-state index contributed by atoms with van der Waals surface area (Å²) in [6, 6.07) is 5.55. The number of urea groups is 1. The summed E-state index contributed by atoms with van der Waals surface area (Å²) in [5.41, 5.74) is 1.71. The van der Waals surface area contributed by atoms with Gasteiger partial charge in [-0.1, -0.05) is 20.8 Å². The largest absolute Gasteiger partial charge is 0.496 e. The van der Waals surface area contributed by atoms with Crippen LogP contribution in [0.2, 0.25) is 0 Å². The smallest absolute Gasteiger partial charge is 0.317 e. The van der Waals surface area contributed by atoms with Crippen molar-refractivity contribution < 1.29 is 14.3 Å². The van der Waals surface area contributed by atoms with Crippen LogP contribution in [0.15, 0.2) is 18.2 Å². The number of piperazine rings is 1. The third-order valence-corrected chi connectivity index (χ3v) is 4.48. The lowest BCUT2D eigenvalue weighted by molar-refractivity contribution is 0.0665. The lowest BCUT2D eigenvalue weighted by atomic mass is 9.99. The molecule has 1 aliphatic rings. The molecule has 0 spiro atoms. The van der Waals surface area contributed by atoms with Crippen molar-refractivity contribution >= 4 is 11.9 Å². The van der Waals surface area contributed by atoms with Crippen LogP contribution in [0.1, 0.15) is 49.0 Å². The molecule has 1 aromatic rings. The second kappa shape index (κ2) is 8.74. The molecule has 0 bridgehead atoms. The Kier molecular flexibility index (Phi) is 6.67. The van der Waals surface area contributed by atoms with Gasteiger partial charge in [-0.15, -0.1) is 0 Å². The predicted molar refractivity (Wildman–Crippen MR) is 98.2 cm³/mol. The summed E-state index contributed by atoms with van der Waals surface area (Å²) in [6.45, 7) is 9.12. The summed E-state index contributed by atoms with van der Waals surface area (Å²) >= 11 is 0. The van der Waals surface area contributed by atoms with Gasteiger partial charge in [0.25, 0.3) is 5.91 Å². The second-order valence-electron chi connectivity index (χ2n) is 6.62. The zero-order valence-electron chi connectivity index (χ0n) is 15.7. The molecular formula is C19H29N3O3. The van der Waals surface area contributed by atoms with Crippen molar-refractivity contribution in [3.63, 3.8) is 0 Å². The first-order valence-electron chi connectivity index (χ1n) is 8.97. The first kappa shape index (κ1) is 19.1. The Balaban J connectivity index is 2.01. The molecule has 6 heteroatoms. The zero-order valence-corrected chi connectivity index (χ0v) is 15.7. The maximum atomic E-state index is 12.8. The van der Waals surface area contributed by atoms with Gasteiger partial charge in [-0.05, 0) is 36.1 Å². The second-order valence-corrected chi connectivity index (χ2v) is 6.62. The van der Waals surface area contributed by atoms with Crippen molar-refractivity contribution in [1.29, 1.82) is 0 Å². The molecule has 25 heavy (non-hydrogen) atoms. The molecule has 1 saturated heterocycles. The molecule has 138 valence electrons. The maximum Gasteiger partial charge on any atom is 0.317 e. The van der Waals surface area contributed by atoms with Gasteiger partial charge >= 0.3 is 6.03 Å². The molecule has 3 amide bonds. The fourth-order valence-electron chi connectivity index (χ4n) is 2.96. The Morgan fingerprint density at radius 1 is 1.16 bits per heavy atom. The minimum Gasteiger partial charge on any atom is -0.496 e. The van der Waals surface area contributed by atoms with Crippen LogP contribution in [-0.2, 0) is 0 Å². The molecule has 0 aliphatic carbocycles. The summed E-state index contributed by atoms with van der Waals surface area (Å²) in [6.07, 6.45) is 0.917. The zero-order chi connectivity index (χ0) is 18.4. The van der Waals surface area contributed by atoms with E-state index in [1.807, 2.05) is 30.0 Å². The SMILES string of the molecule is CCCNC(=O)N1CCN(C(=O)c2ccc(OC)c(C(C)C)c2)CC1. The van der Waals surface area contributed by atoms with Gasteiger partial charge in [0.05, 0.1) is 7.11 Å². The van der Waals surface area contributed by atoms with Crippen molar-refractivity contribution in [3.05, 3.63) is 29.3 Å². The van der Waals surface area contributed by atoms with Gasteiger partial charge in [0.15, 0.2) is 0 Å². The fraction of sp³-hybridized carbons (Fsp3) is 0.579. The van der Waals surface area contributed by atoms with Gasteiger partial charge in [0.2, 0.25) is 0 Å². The number of benzene rings is 1. The molecule has 0 saturated carbocycles. The van der Waals surface area contributed by atoms with Gasteiger partial charge < -0.3 is 19.9 Å². The lowest BCUT2D eigenvalue weighted by Gasteiger charge is -2.34. The standard InChI is InChI=1S/C19H29N3O3/c1-5-8-20-19(24)22-11-9-21(10-12-22)18(23)15-6-7-17(25-4)16(13-15)14(2)3/h6-7,13-14H,5,8-12H2,1-4H3,(H,20,24). The number of hydrogen-bond acceptors (Lipinski definition) is 3. The average Bonchev–Trinajstić information content (AvgIpc) is 2.65. The van der Waals surface area contributed by atoms with Crippen LogP contribution in [-0.4, -0.2) is 61.6 Å². The van der Waals surface area contributed by atoms with E-state index < -0.39 is 0 Å². The average molecular weight is 347 g/mol. The molecule has 0 radical (unpaired) electrons. The van der Waals surface area contributed by atoms with Crippen LogP contribution in [0.25, 0.3) is 0 Å². The van der Waals surface area contributed by atoms with Crippen LogP contribution in [0, 0.1) is 0 Å². The van der Waals surface area contributed by atoms with E-state index in [4.69, 9.17) is 4.74 Å². The summed E-state index contributed by atoms with van der Waals surface area (Å²) in [7, 11) is 1.64. The minimum atomic E-state index is -0.0412. The Hall–Kier alpha value is -2.24. The quantitative estimate of drug-likeness (QED) is 0.891. The van der Waals surface area contributed by atoms with E-state index in [0.29, 0.717) is 38.3 Å². The Morgan fingerprint density at radius 3 is 2.36 bits per heavy atom. The highest BCUT2D eigenvalue weighted by Crippen LogP contribution is 2.27. The monoisotopic (exact) mass is 347 g/mol. The highest BCUT2D eigenvalue weighted by Gasteiger charge is 2.25. The molecule has 1 heterocycles. The normalized spacial score (nSPS) is 14.6. The van der Waals surface area contributed by atoms with Crippen LogP contribution >= 0.6 is 0 Å². The maximum absolute atomic E-state index is 12.8. The van der Waals surface area contributed by atoms with E-state index in [2.05, 4.69) is 19.2 Å². The van der Waals surface area contributed by atoms with Crippen molar-refractivity contribution in [3.8, 4) is 5.75 Å². The number of methoxy groups -OCH3 is 1. The molecule has 0 aromatic heterocycles. The van der Waals surface area contributed by atoms with E-state index in [9.17, 15) is 9.59 Å². The van der Waals surface area contributed by atoms with E-state index in [1.54, 1.807) is 12.0 Å². The third-order valence-electron chi connectivity index (χ3n) is 4.48. The molecule has 0 unspecified atom stereocenters. The molecule has 0 atom stereocenters. The van der Waals surface area contributed by atoms with E-state index in [1.165, 1.54) is 0 Å². The van der Waals surface area contributed by atoms with Crippen molar-refractivity contribution in [2.24, 2.45) is 0 Å². The van der Waals surface area contributed by atoms with E-state index in [-0.39, 0.29) is 17.9 Å². The lowest BCUT2D eigenvalue weighted by Crippen LogP contribution is -2.53. The Labute approximate surface area is 150 Å². The van der Waals surface area contributed by atoms with Crippen LogP contribution in [0.3, 0.4) is 0 Å². The number of carbonyl (C=O) groups is 2. The van der Waals surface area contributed by atoms with Gasteiger partial charge in [0, 0.05) is 38.3 Å². The number of nitrogens with one attached hydrogen (secondary N) is 1. The third kappa shape index (κ3) is 4.65. The number of ether oxygens (including phenoxy) is 1. The first-order valence-corrected chi connectivity index (χ1v) is 8.97. The molecule has 1 aliphatic heterocycles. The van der Waals surface area contributed by atoms with Crippen LogP contribution < -0.4 is 10.1 Å². The van der Waals surface area contributed by atoms with Crippen LogP contribution in [0.5, 0.6) is 5.75 Å². The summed E-state index contributed by atoms with van der Waals surface area (Å²) in [4.78, 5) is 28.4. The fourth-order valence-corrected chi connectivity index (χ4v) is 2.96. The minimum absolute atomic E-state index is 0.0122. The molecule has 1 aromatic carbocycles. The summed E-state index contributed by atoms with van der Waals surface area (Å²) < 4.78 is 5.38. The molecule has 2 rings (SSSR count). The highest BCUT2D eigenvalue weighted by atomic mass is 16.5. The van der Waals surface area contributed by atoms with Gasteiger partial charge in [-0.2, -0.15) is 0 Å². The number of rotatable bonds is 5. The van der Waals surface area contributed by atoms with Crippen molar-refractivity contribution in [2.45, 2.75) is 33.1 Å². The van der Waals surface area contributed by atoms with Crippen molar-refractivity contribution in [1.82, 2.24) is 15.1 Å². The Bertz CT molecular complexity index is 608. The number of nitrogens with zero attached hydrogens (tertiary/aromatic N) is 2. The molecule has 1 N–H and O–H groups in total. The van der Waals surface area contributed by atoms with Crippen LogP contribution in [0.4, 0.5) is 4.79 Å². The number of carbonyl (C=O) groups excluding carboxylic acids is 2. The molecular weight excluding hydrogens is 318 g/mol. The van der Waals surface area contributed by atoms with Crippen molar-refractivity contribution in [2.75, 3.05) is 39.8 Å². The van der Waals surface area contributed by atoms with Gasteiger partial charge in [-0.25, -0.2) is 4.79 Å². The number of amides is 3. The topological polar surface area (TPSA) is 61.9 Å². The van der Waals surface area contributed by atoms with Gasteiger partial charge in [-0.3, -0.25) is 4.79 Å². The predicted octanol–water partition coefficient (Wildman–Crippen LogP) is 2.70. The highest BCUT2D eigenvalue weighted by molar-refractivity contribution is 5.95. The van der Waals surface area contributed by atoms with Gasteiger partial charge in [0.1, 0.15) is 5.75 Å². The summed E-state index contributed by atoms with van der Waals surface area (Å²) in [5, 5.41) is 2.88.